The van der Waals surface area contributed by atoms with Crippen molar-refractivity contribution in [1.29, 1.82) is 0 Å². The SMILES string of the molecule is Fc1cc(OCc2nnc(Cl)s2)ccc1Br. The number of benzene rings is 1. The Bertz CT molecular complexity index is 508. The van der Waals surface area contributed by atoms with Crippen molar-refractivity contribution in [2.45, 2.75) is 6.61 Å². The molecule has 16 heavy (non-hydrogen) atoms. The molecule has 1 heterocycles. The molecule has 84 valence electrons. The van der Waals surface area contributed by atoms with Crippen LogP contribution in [-0.2, 0) is 6.61 Å². The molecule has 0 unspecified atom stereocenters. The molecule has 0 N–H and O–H groups in total. The lowest BCUT2D eigenvalue weighted by Crippen LogP contribution is -1.95. The van der Waals surface area contributed by atoms with Crippen LogP contribution in [0.25, 0.3) is 0 Å². The van der Waals surface area contributed by atoms with Crippen LogP contribution in [0.15, 0.2) is 22.7 Å². The Morgan fingerprint density at radius 3 is 2.88 bits per heavy atom. The summed E-state index contributed by atoms with van der Waals surface area (Å²) in [6, 6.07) is 4.54. The van der Waals surface area contributed by atoms with Gasteiger partial charge in [-0.1, -0.05) is 11.3 Å². The van der Waals surface area contributed by atoms with Gasteiger partial charge in [-0.25, -0.2) is 4.39 Å². The predicted octanol–water partition coefficient (Wildman–Crippen LogP) is 3.67. The highest BCUT2D eigenvalue weighted by Crippen LogP contribution is 2.22. The first-order valence-corrected chi connectivity index (χ1v) is 6.19. The van der Waals surface area contributed by atoms with Gasteiger partial charge in [-0.05, 0) is 39.7 Å². The average molecular weight is 324 g/mol. The van der Waals surface area contributed by atoms with Crippen molar-refractivity contribution in [3.8, 4) is 5.75 Å². The zero-order valence-corrected chi connectivity index (χ0v) is 10.9. The van der Waals surface area contributed by atoms with Crippen LogP contribution in [0, 0.1) is 5.82 Å². The third-order valence-electron chi connectivity index (χ3n) is 1.70. The van der Waals surface area contributed by atoms with E-state index in [9.17, 15) is 4.39 Å². The van der Waals surface area contributed by atoms with E-state index in [4.69, 9.17) is 16.3 Å². The molecule has 0 radical (unpaired) electrons. The van der Waals surface area contributed by atoms with Crippen molar-refractivity contribution in [2.75, 3.05) is 0 Å². The Morgan fingerprint density at radius 2 is 2.25 bits per heavy atom. The number of halogens is 3. The molecule has 7 heteroatoms. The van der Waals surface area contributed by atoms with Crippen molar-refractivity contribution in [2.24, 2.45) is 0 Å². The number of hydrogen-bond acceptors (Lipinski definition) is 4. The van der Waals surface area contributed by atoms with Crippen molar-refractivity contribution < 1.29 is 9.13 Å². The van der Waals surface area contributed by atoms with E-state index in [1.165, 1.54) is 17.4 Å². The second-order valence-corrected chi connectivity index (χ2v) is 5.31. The fraction of sp³-hybridized carbons (Fsp3) is 0.111. The standard InChI is InChI=1S/C9H5BrClFN2OS/c10-6-2-1-5(3-7(6)12)15-4-8-13-14-9(11)16-8/h1-3H,4H2. The summed E-state index contributed by atoms with van der Waals surface area (Å²) >= 11 is 9.90. The lowest BCUT2D eigenvalue weighted by Gasteiger charge is -2.03. The van der Waals surface area contributed by atoms with E-state index in [2.05, 4.69) is 26.1 Å². The molecule has 0 aliphatic carbocycles. The maximum Gasteiger partial charge on any atom is 0.207 e. The minimum atomic E-state index is -0.368. The second kappa shape index (κ2) is 5.07. The highest BCUT2D eigenvalue weighted by atomic mass is 79.9. The van der Waals surface area contributed by atoms with Crippen LogP contribution in [0.5, 0.6) is 5.75 Å². The van der Waals surface area contributed by atoms with E-state index in [0.717, 1.165) is 0 Å². The predicted molar refractivity (Wildman–Crippen MR) is 63.4 cm³/mol. The second-order valence-electron chi connectivity index (χ2n) is 2.81. The molecule has 0 saturated carbocycles. The van der Waals surface area contributed by atoms with Gasteiger partial charge in [0.25, 0.3) is 0 Å². The van der Waals surface area contributed by atoms with Gasteiger partial charge >= 0.3 is 0 Å². The maximum absolute atomic E-state index is 13.1. The normalized spacial score (nSPS) is 10.4. The summed E-state index contributed by atoms with van der Waals surface area (Å²) in [6.45, 7) is 0.228. The van der Waals surface area contributed by atoms with Crippen LogP contribution in [0.4, 0.5) is 4.39 Å². The molecule has 2 aromatic rings. The smallest absolute Gasteiger partial charge is 0.207 e. The van der Waals surface area contributed by atoms with Gasteiger partial charge in [0.15, 0.2) is 5.01 Å². The lowest BCUT2D eigenvalue weighted by molar-refractivity contribution is 0.303. The highest BCUT2D eigenvalue weighted by molar-refractivity contribution is 9.10. The number of hydrogen-bond donors (Lipinski definition) is 0. The van der Waals surface area contributed by atoms with Crippen molar-refractivity contribution in [3.63, 3.8) is 0 Å². The van der Waals surface area contributed by atoms with Crippen LogP contribution < -0.4 is 4.74 Å². The molecular weight excluding hydrogens is 319 g/mol. The van der Waals surface area contributed by atoms with Crippen LogP contribution in [0.1, 0.15) is 5.01 Å². The average Bonchev–Trinajstić information content (AvgIpc) is 2.66. The number of rotatable bonds is 3. The van der Waals surface area contributed by atoms with E-state index in [-0.39, 0.29) is 12.4 Å². The first kappa shape index (κ1) is 11.8. The Balaban J connectivity index is 2.02. The lowest BCUT2D eigenvalue weighted by atomic mass is 10.3. The summed E-state index contributed by atoms with van der Waals surface area (Å²) in [7, 11) is 0. The third kappa shape index (κ3) is 2.90. The first-order valence-electron chi connectivity index (χ1n) is 4.21. The number of aromatic nitrogens is 2. The number of ether oxygens (including phenoxy) is 1. The molecular formula is C9H5BrClFN2OS. The molecule has 1 aromatic carbocycles. The van der Waals surface area contributed by atoms with Gasteiger partial charge in [-0.2, -0.15) is 0 Å². The van der Waals surface area contributed by atoms with Crippen LogP contribution >= 0.6 is 38.9 Å². The van der Waals surface area contributed by atoms with Gasteiger partial charge in [0.1, 0.15) is 18.2 Å². The monoisotopic (exact) mass is 322 g/mol. The molecule has 0 bridgehead atoms. The zero-order chi connectivity index (χ0) is 11.5. The highest BCUT2D eigenvalue weighted by Gasteiger charge is 2.05. The molecule has 0 spiro atoms. The molecule has 0 fully saturated rings. The van der Waals surface area contributed by atoms with Crippen LogP contribution in [0.3, 0.4) is 0 Å². The van der Waals surface area contributed by atoms with Gasteiger partial charge in [0.05, 0.1) is 4.47 Å². The molecule has 0 saturated heterocycles. The Hall–Kier alpha value is -0.720. The summed E-state index contributed by atoms with van der Waals surface area (Å²) in [5, 5.41) is 8.06. The quantitative estimate of drug-likeness (QED) is 0.864. The largest absolute Gasteiger partial charge is 0.486 e. The molecule has 0 aliphatic heterocycles. The molecule has 0 amide bonds. The van der Waals surface area contributed by atoms with E-state index in [1.807, 2.05) is 0 Å². The summed E-state index contributed by atoms with van der Waals surface area (Å²) in [5.41, 5.74) is 0. The van der Waals surface area contributed by atoms with Gasteiger partial charge in [-0.3, -0.25) is 0 Å². The fourth-order valence-corrected chi connectivity index (χ4v) is 2.03. The summed E-state index contributed by atoms with van der Waals surface area (Å²) in [5.74, 6) is 0.0693. The van der Waals surface area contributed by atoms with Crippen LogP contribution in [-0.4, -0.2) is 10.2 Å². The van der Waals surface area contributed by atoms with Gasteiger partial charge in [-0.15, -0.1) is 10.2 Å². The van der Waals surface area contributed by atoms with Gasteiger partial charge < -0.3 is 4.74 Å². The van der Waals surface area contributed by atoms with Crippen LogP contribution in [0.2, 0.25) is 4.47 Å². The molecule has 2 rings (SSSR count). The minimum absolute atomic E-state index is 0.228. The topological polar surface area (TPSA) is 35.0 Å². The first-order chi connectivity index (χ1) is 7.65. The van der Waals surface area contributed by atoms with E-state index in [0.29, 0.717) is 19.7 Å². The van der Waals surface area contributed by atoms with Crippen molar-refractivity contribution in [3.05, 3.63) is 38.0 Å². The van der Waals surface area contributed by atoms with E-state index >= 15 is 0 Å². The third-order valence-corrected chi connectivity index (χ3v) is 3.33. The molecule has 0 aliphatic rings. The minimum Gasteiger partial charge on any atom is -0.486 e. The maximum atomic E-state index is 13.1. The van der Waals surface area contributed by atoms with Gasteiger partial charge in [0.2, 0.25) is 4.47 Å². The van der Waals surface area contributed by atoms with Crippen molar-refractivity contribution >= 4 is 38.9 Å². The Kier molecular flexibility index (Phi) is 3.73. The summed E-state index contributed by atoms with van der Waals surface area (Å²) in [6.07, 6.45) is 0. The zero-order valence-electron chi connectivity index (χ0n) is 7.78. The molecule has 0 atom stereocenters. The molecule has 3 nitrogen and oxygen atoms in total. The van der Waals surface area contributed by atoms with E-state index in [1.54, 1.807) is 12.1 Å². The number of nitrogens with zero attached hydrogens (tertiary/aromatic N) is 2. The molecule has 1 aromatic heterocycles. The van der Waals surface area contributed by atoms with Crippen molar-refractivity contribution in [1.82, 2.24) is 10.2 Å². The van der Waals surface area contributed by atoms with E-state index < -0.39 is 0 Å². The van der Waals surface area contributed by atoms with Gasteiger partial charge in [0, 0.05) is 6.07 Å². The summed E-state index contributed by atoms with van der Waals surface area (Å²) < 4.78 is 19.2. The fourth-order valence-electron chi connectivity index (χ4n) is 1.00. The Morgan fingerprint density at radius 1 is 1.44 bits per heavy atom. The Labute approximate surface area is 108 Å². The summed E-state index contributed by atoms with van der Waals surface area (Å²) in [4.78, 5) is 0.